The maximum atomic E-state index is 12.0. The van der Waals surface area contributed by atoms with Gasteiger partial charge < -0.3 is 9.32 Å². The molecule has 0 spiro atoms. The fourth-order valence-electron chi connectivity index (χ4n) is 1.52. The minimum Gasteiger partial charge on any atom is -0.467 e. The van der Waals surface area contributed by atoms with Crippen molar-refractivity contribution in [2.75, 3.05) is 12.4 Å². The predicted molar refractivity (Wildman–Crippen MR) is 75.9 cm³/mol. The third kappa shape index (κ3) is 3.57. The molecule has 0 aliphatic rings. The van der Waals surface area contributed by atoms with E-state index in [1.54, 1.807) is 25.6 Å². The normalized spacial score (nSPS) is 10.3. The largest absolute Gasteiger partial charge is 0.467 e. The zero-order valence-electron chi connectivity index (χ0n) is 10.7. The molecule has 0 aliphatic carbocycles. The van der Waals surface area contributed by atoms with Gasteiger partial charge in [0, 0.05) is 17.7 Å². The number of carbonyl (C=O) groups is 1. The molecule has 5 nitrogen and oxygen atoms in total. The average Bonchev–Trinajstić information content (AvgIpc) is 2.86. The molecule has 0 aliphatic heterocycles. The number of aryl methyl sites for hydroxylation is 1. The first-order chi connectivity index (χ1) is 9.06. The van der Waals surface area contributed by atoms with Gasteiger partial charge in [-0.25, -0.2) is 9.78 Å². The van der Waals surface area contributed by atoms with Gasteiger partial charge in [0.15, 0.2) is 0 Å². The van der Waals surface area contributed by atoms with Crippen LogP contribution in [0.5, 0.6) is 0 Å². The number of hydrogen-bond donors (Lipinski definition) is 1. The zero-order chi connectivity index (χ0) is 13.8. The standard InChI is InChI=1S/C13H14BrN3O2/c1-9-6-12(15-7-11(9)14)16-13(18)17(2)8-10-4-3-5-19-10/h3-7H,8H2,1-2H3,(H,15,16,18). The number of nitrogens with zero attached hydrogens (tertiary/aromatic N) is 2. The Labute approximate surface area is 119 Å². The Bertz CT molecular complexity index is 569. The fraction of sp³-hybridized carbons (Fsp3) is 0.231. The van der Waals surface area contributed by atoms with Crippen LogP contribution in [-0.2, 0) is 6.54 Å². The number of halogens is 1. The van der Waals surface area contributed by atoms with Gasteiger partial charge in [-0.05, 0) is 46.6 Å². The van der Waals surface area contributed by atoms with Crippen molar-refractivity contribution in [2.24, 2.45) is 0 Å². The van der Waals surface area contributed by atoms with Gasteiger partial charge in [0.1, 0.15) is 11.6 Å². The van der Waals surface area contributed by atoms with Crippen molar-refractivity contribution in [3.05, 3.63) is 46.5 Å². The molecule has 0 bridgehead atoms. The molecular weight excluding hydrogens is 310 g/mol. The van der Waals surface area contributed by atoms with Crippen LogP contribution in [0.1, 0.15) is 11.3 Å². The highest BCUT2D eigenvalue weighted by Crippen LogP contribution is 2.17. The first-order valence-electron chi connectivity index (χ1n) is 5.73. The molecule has 0 fully saturated rings. The van der Waals surface area contributed by atoms with E-state index < -0.39 is 0 Å². The molecule has 0 atom stereocenters. The van der Waals surface area contributed by atoms with Crippen LogP contribution < -0.4 is 5.32 Å². The smallest absolute Gasteiger partial charge is 0.323 e. The molecule has 0 unspecified atom stereocenters. The Morgan fingerprint density at radius 2 is 2.37 bits per heavy atom. The summed E-state index contributed by atoms with van der Waals surface area (Å²) in [6, 6.07) is 5.19. The first kappa shape index (κ1) is 13.6. The quantitative estimate of drug-likeness (QED) is 0.941. The van der Waals surface area contributed by atoms with E-state index in [1.807, 2.05) is 19.1 Å². The number of anilines is 1. The van der Waals surface area contributed by atoms with Crippen LogP contribution in [0.4, 0.5) is 10.6 Å². The molecular formula is C13H14BrN3O2. The number of pyridine rings is 1. The minimum absolute atomic E-state index is 0.231. The van der Waals surface area contributed by atoms with Crippen molar-refractivity contribution in [1.82, 2.24) is 9.88 Å². The summed E-state index contributed by atoms with van der Waals surface area (Å²) in [6.45, 7) is 2.35. The van der Waals surface area contributed by atoms with Gasteiger partial charge in [0.05, 0.1) is 12.8 Å². The van der Waals surface area contributed by atoms with Gasteiger partial charge in [-0.3, -0.25) is 5.32 Å². The second-order valence-corrected chi connectivity index (χ2v) is 5.04. The summed E-state index contributed by atoms with van der Waals surface area (Å²) in [5.74, 6) is 1.26. The Hall–Kier alpha value is -1.82. The van der Waals surface area contributed by atoms with E-state index in [1.165, 1.54) is 4.90 Å². The van der Waals surface area contributed by atoms with E-state index in [9.17, 15) is 4.79 Å². The van der Waals surface area contributed by atoms with E-state index in [0.717, 1.165) is 15.8 Å². The number of nitrogens with one attached hydrogen (secondary N) is 1. The van der Waals surface area contributed by atoms with Crippen LogP contribution in [0, 0.1) is 6.92 Å². The molecule has 2 aromatic heterocycles. The number of rotatable bonds is 3. The highest BCUT2D eigenvalue weighted by Gasteiger charge is 2.11. The van der Waals surface area contributed by atoms with E-state index in [0.29, 0.717) is 12.4 Å². The summed E-state index contributed by atoms with van der Waals surface area (Å²) in [5, 5.41) is 2.74. The Balaban J connectivity index is 1.98. The maximum Gasteiger partial charge on any atom is 0.323 e. The molecule has 0 aromatic carbocycles. The molecule has 19 heavy (non-hydrogen) atoms. The number of furan rings is 1. The van der Waals surface area contributed by atoms with E-state index in [4.69, 9.17) is 4.42 Å². The monoisotopic (exact) mass is 323 g/mol. The number of carbonyl (C=O) groups excluding carboxylic acids is 1. The Morgan fingerprint density at radius 3 is 3.00 bits per heavy atom. The van der Waals surface area contributed by atoms with Gasteiger partial charge in [0.2, 0.25) is 0 Å². The number of amides is 2. The SMILES string of the molecule is Cc1cc(NC(=O)N(C)Cc2ccco2)ncc1Br. The molecule has 1 N–H and O–H groups in total. The number of hydrogen-bond acceptors (Lipinski definition) is 3. The van der Waals surface area contributed by atoms with E-state index in [2.05, 4.69) is 26.2 Å². The van der Waals surface area contributed by atoms with Crippen LogP contribution in [0.15, 0.2) is 39.5 Å². The summed E-state index contributed by atoms with van der Waals surface area (Å²) in [6.07, 6.45) is 3.25. The molecule has 6 heteroatoms. The third-order valence-electron chi connectivity index (χ3n) is 2.60. The molecule has 0 saturated carbocycles. The molecule has 2 heterocycles. The van der Waals surface area contributed by atoms with Crippen LogP contribution in [0.3, 0.4) is 0 Å². The highest BCUT2D eigenvalue weighted by molar-refractivity contribution is 9.10. The molecule has 0 saturated heterocycles. The highest BCUT2D eigenvalue weighted by atomic mass is 79.9. The van der Waals surface area contributed by atoms with Crippen LogP contribution in [-0.4, -0.2) is 23.0 Å². The van der Waals surface area contributed by atoms with Crippen molar-refractivity contribution in [3.63, 3.8) is 0 Å². The fourth-order valence-corrected chi connectivity index (χ4v) is 1.74. The van der Waals surface area contributed by atoms with Gasteiger partial charge in [-0.2, -0.15) is 0 Å². The van der Waals surface area contributed by atoms with Crippen molar-refractivity contribution < 1.29 is 9.21 Å². The Kier molecular flexibility index (Phi) is 4.21. The second-order valence-electron chi connectivity index (χ2n) is 4.18. The van der Waals surface area contributed by atoms with Crippen LogP contribution >= 0.6 is 15.9 Å². The van der Waals surface area contributed by atoms with Crippen LogP contribution in [0.25, 0.3) is 0 Å². The van der Waals surface area contributed by atoms with Crippen molar-refractivity contribution in [3.8, 4) is 0 Å². The van der Waals surface area contributed by atoms with Crippen LogP contribution in [0.2, 0.25) is 0 Å². The molecule has 0 radical (unpaired) electrons. The maximum absolute atomic E-state index is 12.0. The first-order valence-corrected chi connectivity index (χ1v) is 6.52. The lowest BCUT2D eigenvalue weighted by atomic mass is 10.3. The molecule has 100 valence electrons. The summed E-state index contributed by atoms with van der Waals surface area (Å²) in [7, 11) is 1.70. The number of aromatic nitrogens is 1. The predicted octanol–water partition coefficient (Wildman–Crippen LogP) is 3.41. The third-order valence-corrected chi connectivity index (χ3v) is 3.43. The molecule has 2 amide bonds. The van der Waals surface area contributed by atoms with Gasteiger partial charge >= 0.3 is 6.03 Å². The van der Waals surface area contributed by atoms with Crippen molar-refractivity contribution >= 4 is 27.8 Å². The van der Waals surface area contributed by atoms with Gasteiger partial charge in [0.25, 0.3) is 0 Å². The summed E-state index contributed by atoms with van der Waals surface area (Å²) >= 11 is 3.37. The number of urea groups is 1. The summed E-state index contributed by atoms with van der Waals surface area (Å²) < 4.78 is 6.11. The summed E-state index contributed by atoms with van der Waals surface area (Å²) in [5.41, 5.74) is 1.01. The van der Waals surface area contributed by atoms with Gasteiger partial charge in [-0.1, -0.05) is 0 Å². The zero-order valence-corrected chi connectivity index (χ0v) is 12.3. The topological polar surface area (TPSA) is 58.4 Å². The van der Waals surface area contributed by atoms with Crippen molar-refractivity contribution in [2.45, 2.75) is 13.5 Å². The lowest BCUT2D eigenvalue weighted by Gasteiger charge is -2.16. The average molecular weight is 324 g/mol. The minimum atomic E-state index is -0.231. The van der Waals surface area contributed by atoms with Gasteiger partial charge in [-0.15, -0.1) is 0 Å². The lowest BCUT2D eigenvalue weighted by molar-refractivity contribution is 0.216. The molecule has 2 aromatic rings. The lowest BCUT2D eigenvalue weighted by Crippen LogP contribution is -2.31. The summed E-state index contributed by atoms with van der Waals surface area (Å²) in [4.78, 5) is 17.6. The second kappa shape index (κ2) is 5.88. The Morgan fingerprint density at radius 1 is 1.58 bits per heavy atom. The van der Waals surface area contributed by atoms with E-state index in [-0.39, 0.29) is 6.03 Å². The van der Waals surface area contributed by atoms with E-state index >= 15 is 0 Å². The molecule has 2 rings (SSSR count). The van der Waals surface area contributed by atoms with Crippen molar-refractivity contribution in [1.29, 1.82) is 0 Å².